The molecule has 2 aromatic heterocycles. The molecule has 0 saturated heterocycles. The molecule has 0 saturated carbocycles. The van der Waals surface area contributed by atoms with Crippen molar-refractivity contribution in [3.8, 4) is 11.5 Å². The van der Waals surface area contributed by atoms with Gasteiger partial charge < -0.3 is 9.47 Å². The molecule has 126 valence electrons. The molecule has 0 radical (unpaired) electrons. The van der Waals surface area contributed by atoms with E-state index in [1.54, 1.807) is 13.2 Å². The molecule has 0 amide bonds. The standard InChI is InChI=1S/C18H15N3O3S/c1-11(24-13-9-7-12(23-2)8-10-13)16-20-21-17(22)14-5-3-4-6-15(14)19-18(21)25-16/h3-11H,1-2H3/t11-/m0/s1. The average Bonchev–Trinajstić information content (AvgIpc) is 3.07. The highest BCUT2D eigenvalue weighted by molar-refractivity contribution is 7.16. The molecular formula is C18H15N3O3S. The highest BCUT2D eigenvalue weighted by Crippen LogP contribution is 2.26. The first-order valence-electron chi connectivity index (χ1n) is 7.75. The van der Waals surface area contributed by atoms with E-state index >= 15 is 0 Å². The van der Waals surface area contributed by atoms with Gasteiger partial charge in [-0.1, -0.05) is 23.5 Å². The van der Waals surface area contributed by atoms with E-state index in [2.05, 4.69) is 10.1 Å². The van der Waals surface area contributed by atoms with Gasteiger partial charge in [0, 0.05) is 0 Å². The van der Waals surface area contributed by atoms with Crippen LogP contribution in [0.2, 0.25) is 0 Å². The summed E-state index contributed by atoms with van der Waals surface area (Å²) in [5.41, 5.74) is 0.506. The second-order valence-electron chi connectivity index (χ2n) is 5.50. The van der Waals surface area contributed by atoms with Crippen LogP contribution in [0.3, 0.4) is 0 Å². The van der Waals surface area contributed by atoms with Crippen molar-refractivity contribution in [1.82, 2.24) is 14.6 Å². The first kappa shape index (κ1) is 15.6. The predicted molar refractivity (Wildman–Crippen MR) is 96.7 cm³/mol. The van der Waals surface area contributed by atoms with Crippen molar-refractivity contribution in [2.24, 2.45) is 0 Å². The number of hydrogen-bond donors (Lipinski definition) is 0. The Balaban J connectivity index is 1.69. The van der Waals surface area contributed by atoms with Crippen molar-refractivity contribution >= 4 is 27.2 Å². The van der Waals surface area contributed by atoms with Crippen molar-refractivity contribution in [3.63, 3.8) is 0 Å². The van der Waals surface area contributed by atoms with Crippen LogP contribution < -0.4 is 15.0 Å². The zero-order chi connectivity index (χ0) is 17.4. The number of aromatic nitrogens is 3. The Kier molecular flexibility index (Phi) is 3.85. The Labute approximate surface area is 147 Å². The van der Waals surface area contributed by atoms with Crippen LogP contribution in [-0.4, -0.2) is 21.7 Å². The van der Waals surface area contributed by atoms with E-state index in [9.17, 15) is 4.79 Å². The average molecular weight is 353 g/mol. The van der Waals surface area contributed by atoms with Gasteiger partial charge in [0.2, 0.25) is 4.96 Å². The van der Waals surface area contributed by atoms with Crippen LogP contribution in [0.4, 0.5) is 0 Å². The molecule has 25 heavy (non-hydrogen) atoms. The van der Waals surface area contributed by atoms with Crippen LogP contribution in [-0.2, 0) is 0 Å². The molecule has 2 aromatic carbocycles. The summed E-state index contributed by atoms with van der Waals surface area (Å²) >= 11 is 1.35. The van der Waals surface area contributed by atoms with Gasteiger partial charge in [0.15, 0.2) is 5.01 Å². The molecule has 0 aliphatic rings. The first-order valence-corrected chi connectivity index (χ1v) is 8.56. The molecule has 2 heterocycles. The summed E-state index contributed by atoms with van der Waals surface area (Å²) in [6.07, 6.45) is -0.303. The highest BCUT2D eigenvalue weighted by atomic mass is 32.1. The molecule has 7 heteroatoms. The topological polar surface area (TPSA) is 65.7 Å². The van der Waals surface area contributed by atoms with Gasteiger partial charge in [0.1, 0.15) is 17.6 Å². The van der Waals surface area contributed by atoms with Gasteiger partial charge in [-0.15, -0.1) is 0 Å². The van der Waals surface area contributed by atoms with Gasteiger partial charge in [-0.05, 0) is 43.3 Å². The Bertz CT molecular complexity index is 1100. The Morgan fingerprint density at radius 2 is 1.80 bits per heavy atom. The van der Waals surface area contributed by atoms with Gasteiger partial charge in [-0.25, -0.2) is 4.98 Å². The Morgan fingerprint density at radius 3 is 2.56 bits per heavy atom. The minimum absolute atomic E-state index is 0.167. The van der Waals surface area contributed by atoms with Gasteiger partial charge in [-0.3, -0.25) is 4.79 Å². The first-order chi connectivity index (χ1) is 12.2. The van der Waals surface area contributed by atoms with Crippen LogP contribution in [0, 0.1) is 0 Å². The van der Waals surface area contributed by atoms with Crippen molar-refractivity contribution in [2.45, 2.75) is 13.0 Å². The number of rotatable bonds is 4. The molecule has 4 rings (SSSR count). The number of benzene rings is 2. The second kappa shape index (κ2) is 6.18. The molecular weight excluding hydrogens is 338 g/mol. The number of methoxy groups -OCH3 is 1. The van der Waals surface area contributed by atoms with Crippen LogP contribution in [0.25, 0.3) is 15.9 Å². The van der Waals surface area contributed by atoms with Crippen LogP contribution in [0.15, 0.2) is 53.3 Å². The molecule has 0 N–H and O–H groups in total. The fourth-order valence-electron chi connectivity index (χ4n) is 2.54. The van der Waals surface area contributed by atoms with E-state index in [0.29, 0.717) is 26.6 Å². The zero-order valence-corrected chi connectivity index (χ0v) is 14.5. The number of fused-ring (bicyclic) bond motifs is 2. The van der Waals surface area contributed by atoms with E-state index in [1.165, 1.54) is 15.9 Å². The largest absolute Gasteiger partial charge is 0.497 e. The van der Waals surface area contributed by atoms with Crippen LogP contribution in [0.5, 0.6) is 11.5 Å². The lowest BCUT2D eigenvalue weighted by Crippen LogP contribution is -2.15. The molecule has 0 spiro atoms. The minimum Gasteiger partial charge on any atom is -0.497 e. The molecule has 0 aliphatic heterocycles. The molecule has 0 fully saturated rings. The SMILES string of the molecule is COc1ccc(O[C@@H](C)c2nn3c(=O)c4ccccc4nc3s2)cc1. The minimum atomic E-state index is -0.303. The van der Waals surface area contributed by atoms with E-state index < -0.39 is 0 Å². The van der Waals surface area contributed by atoms with E-state index in [-0.39, 0.29) is 11.7 Å². The zero-order valence-electron chi connectivity index (χ0n) is 13.7. The summed E-state index contributed by atoms with van der Waals surface area (Å²) in [7, 11) is 1.62. The number of ether oxygens (including phenoxy) is 2. The van der Waals surface area contributed by atoms with Crippen molar-refractivity contribution in [3.05, 3.63) is 63.9 Å². The Hall–Kier alpha value is -2.93. The molecule has 4 aromatic rings. The molecule has 0 unspecified atom stereocenters. The predicted octanol–water partition coefficient (Wildman–Crippen LogP) is 3.45. The van der Waals surface area contributed by atoms with Gasteiger partial charge >= 0.3 is 0 Å². The summed E-state index contributed by atoms with van der Waals surface area (Å²) in [5.74, 6) is 1.47. The van der Waals surface area contributed by atoms with Gasteiger partial charge in [0.05, 0.1) is 18.0 Å². The van der Waals surface area contributed by atoms with Crippen molar-refractivity contribution < 1.29 is 9.47 Å². The maximum absolute atomic E-state index is 12.6. The van der Waals surface area contributed by atoms with E-state index in [4.69, 9.17) is 9.47 Å². The molecule has 0 bridgehead atoms. The maximum atomic E-state index is 12.6. The summed E-state index contributed by atoms with van der Waals surface area (Å²) in [4.78, 5) is 17.6. The van der Waals surface area contributed by atoms with E-state index in [1.807, 2.05) is 49.4 Å². The summed E-state index contributed by atoms with van der Waals surface area (Å²) in [5, 5.41) is 5.65. The monoisotopic (exact) mass is 353 g/mol. The lowest BCUT2D eigenvalue weighted by molar-refractivity contribution is 0.224. The summed E-state index contributed by atoms with van der Waals surface area (Å²) < 4.78 is 12.4. The lowest BCUT2D eigenvalue weighted by atomic mass is 10.2. The van der Waals surface area contributed by atoms with Crippen LogP contribution >= 0.6 is 11.3 Å². The van der Waals surface area contributed by atoms with Gasteiger partial charge in [0.25, 0.3) is 5.56 Å². The van der Waals surface area contributed by atoms with Crippen LogP contribution in [0.1, 0.15) is 18.0 Å². The summed E-state index contributed by atoms with van der Waals surface area (Å²) in [6.45, 7) is 1.90. The normalized spacial score (nSPS) is 12.4. The highest BCUT2D eigenvalue weighted by Gasteiger charge is 2.16. The Morgan fingerprint density at radius 1 is 1.08 bits per heavy atom. The number of hydrogen-bond acceptors (Lipinski definition) is 6. The molecule has 1 atom stereocenters. The third-order valence-corrected chi connectivity index (χ3v) is 4.91. The maximum Gasteiger partial charge on any atom is 0.283 e. The second-order valence-corrected chi connectivity index (χ2v) is 6.49. The smallest absolute Gasteiger partial charge is 0.283 e. The molecule has 0 aliphatic carbocycles. The number of nitrogens with zero attached hydrogens (tertiary/aromatic N) is 3. The lowest BCUT2D eigenvalue weighted by Gasteiger charge is -2.11. The van der Waals surface area contributed by atoms with E-state index in [0.717, 1.165) is 5.75 Å². The fourth-order valence-corrected chi connectivity index (χ4v) is 3.42. The summed E-state index contributed by atoms with van der Waals surface area (Å²) in [6, 6.07) is 14.6. The quantitative estimate of drug-likeness (QED) is 0.562. The van der Waals surface area contributed by atoms with Gasteiger partial charge in [-0.2, -0.15) is 9.61 Å². The molecule has 6 nitrogen and oxygen atoms in total. The number of para-hydroxylation sites is 1. The third-order valence-electron chi connectivity index (χ3n) is 3.84. The van der Waals surface area contributed by atoms with Crippen molar-refractivity contribution in [1.29, 1.82) is 0 Å². The fraction of sp³-hybridized carbons (Fsp3) is 0.167. The third kappa shape index (κ3) is 2.83. The van der Waals surface area contributed by atoms with Crippen molar-refractivity contribution in [2.75, 3.05) is 7.11 Å².